The standard InChI is InChI=1S/C11H10NO4/c1-13-8-3-4-9(10(5-8)14-2)16-11-6-15-7-12-11/h3-6H,1-2H3. The smallest absolute Gasteiger partial charge is 0.287 e. The van der Waals surface area contributed by atoms with Crippen LogP contribution < -0.4 is 14.2 Å². The highest BCUT2D eigenvalue weighted by Gasteiger charge is 2.08. The average molecular weight is 220 g/mol. The minimum atomic E-state index is 0.323. The molecule has 0 aliphatic carbocycles. The van der Waals surface area contributed by atoms with Gasteiger partial charge in [0.1, 0.15) is 5.75 Å². The Labute approximate surface area is 92.6 Å². The highest BCUT2D eigenvalue weighted by Crippen LogP contribution is 2.33. The number of aromatic nitrogens is 1. The summed E-state index contributed by atoms with van der Waals surface area (Å²) >= 11 is 0. The molecule has 0 N–H and O–H groups in total. The van der Waals surface area contributed by atoms with E-state index in [2.05, 4.69) is 15.8 Å². The molecule has 1 aromatic carbocycles. The first-order valence-electron chi connectivity index (χ1n) is 4.55. The second kappa shape index (κ2) is 4.57. The van der Waals surface area contributed by atoms with E-state index in [1.165, 1.54) is 6.26 Å². The van der Waals surface area contributed by atoms with Crippen molar-refractivity contribution in [3.63, 3.8) is 0 Å². The molecule has 0 unspecified atom stereocenters. The normalized spacial score (nSPS) is 9.88. The van der Waals surface area contributed by atoms with Gasteiger partial charge in [0.05, 0.1) is 14.2 Å². The molecule has 0 saturated carbocycles. The molecule has 0 atom stereocenters. The third kappa shape index (κ3) is 2.08. The molecule has 83 valence electrons. The van der Waals surface area contributed by atoms with E-state index < -0.39 is 0 Å². The molecule has 2 aromatic rings. The maximum atomic E-state index is 5.42. The fourth-order valence-corrected chi connectivity index (χ4v) is 1.19. The Morgan fingerprint density at radius 2 is 2.06 bits per heavy atom. The van der Waals surface area contributed by atoms with Crippen LogP contribution in [0.15, 0.2) is 28.9 Å². The first-order chi connectivity index (χ1) is 7.83. The number of rotatable bonds is 4. The summed E-state index contributed by atoms with van der Waals surface area (Å²) < 4.78 is 20.3. The molecule has 0 spiro atoms. The van der Waals surface area contributed by atoms with Crippen LogP contribution in [0.5, 0.6) is 23.1 Å². The van der Waals surface area contributed by atoms with E-state index in [1.54, 1.807) is 32.4 Å². The van der Waals surface area contributed by atoms with Crippen LogP contribution in [-0.4, -0.2) is 19.2 Å². The van der Waals surface area contributed by atoms with Crippen molar-refractivity contribution in [2.75, 3.05) is 14.2 Å². The number of hydrogen-bond donors (Lipinski definition) is 0. The number of nitrogens with zero attached hydrogens (tertiary/aromatic N) is 1. The Morgan fingerprint density at radius 3 is 2.69 bits per heavy atom. The van der Waals surface area contributed by atoms with Gasteiger partial charge in [-0.2, -0.15) is 4.98 Å². The molecule has 0 aliphatic rings. The molecule has 0 aliphatic heterocycles. The van der Waals surface area contributed by atoms with E-state index in [9.17, 15) is 0 Å². The van der Waals surface area contributed by atoms with Gasteiger partial charge in [-0.3, -0.25) is 0 Å². The van der Waals surface area contributed by atoms with E-state index in [-0.39, 0.29) is 0 Å². The van der Waals surface area contributed by atoms with Crippen molar-refractivity contribution < 1.29 is 18.6 Å². The van der Waals surface area contributed by atoms with Crippen LogP contribution in [0.4, 0.5) is 0 Å². The third-order valence-corrected chi connectivity index (χ3v) is 1.95. The summed E-state index contributed by atoms with van der Waals surface area (Å²) in [6.45, 7) is 0. The van der Waals surface area contributed by atoms with Crippen LogP contribution >= 0.6 is 0 Å². The van der Waals surface area contributed by atoms with E-state index in [4.69, 9.17) is 14.2 Å². The van der Waals surface area contributed by atoms with E-state index in [1.807, 2.05) is 0 Å². The van der Waals surface area contributed by atoms with Crippen LogP contribution in [0.1, 0.15) is 0 Å². The van der Waals surface area contributed by atoms with Gasteiger partial charge in [0.2, 0.25) is 0 Å². The fraction of sp³-hybridized carbons (Fsp3) is 0.182. The summed E-state index contributed by atoms with van der Waals surface area (Å²) in [5, 5.41) is 0. The van der Waals surface area contributed by atoms with Crippen LogP contribution in [-0.2, 0) is 0 Å². The maximum absolute atomic E-state index is 5.42. The molecule has 0 amide bonds. The van der Waals surface area contributed by atoms with Crippen LogP contribution in [0.3, 0.4) is 0 Å². The largest absolute Gasteiger partial charge is 0.497 e. The Morgan fingerprint density at radius 1 is 1.19 bits per heavy atom. The van der Waals surface area contributed by atoms with E-state index in [0.717, 1.165) is 0 Å². The summed E-state index contributed by atoms with van der Waals surface area (Å²) in [5.41, 5.74) is 0. The molecule has 1 aromatic heterocycles. The van der Waals surface area contributed by atoms with Crippen molar-refractivity contribution in [1.29, 1.82) is 0 Å². The van der Waals surface area contributed by atoms with Gasteiger partial charge in [-0.05, 0) is 12.1 Å². The number of ether oxygens (including phenoxy) is 3. The Balaban J connectivity index is 2.26. The van der Waals surface area contributed by atoms with E-state index >= 15 is 0 Å². The third-order valence-electron chi connectivity index (χ3n) is 1.95. The summed E-state index contributed by atoms with van der Waals surface area (Å²) in [7, 11) is 3.14. The van der Waals surface area contributed by atoms with Crippen LogP contribution in [0.25, 0.3) is 0 Å². The van der Waals surface area contributed by atoms with Crippen molar-refractivity contribution in [2.24, 2.45) is 0 Å². The minimum Gasteiger partial charge on any atom is -0.497 e. The SMILES string of the molecule is COc1ccc(Oc2co[c]n2)c(OC)c1. The first kappa shape index (κ1) is 10.4. The molecule has 1 radical (unpaired) electrons. The molecule has 0 saturated heterocycles. The predicted octanol–water partition coefficient (Wildman–Crippen LogP) is 2.28. The second-order valence-electron chi connectivity index (χ2n) is 2.90. The van der Waals surface area contributed by atoms with Gasteiger partial charge < -0.3 is 18.6 Å². The fourth-order valence-electron chi connectivity index (χ4n) is 1.19. The van der Waals surface area contributed by atoms with Crippen molar-refractivity contribution >= 4 is 0 Å². The molecule has 5 nitrogen and oxygen atoms in total. The molecular formula is C11H10NO4. The van der Waals surface area contributed by atoms with Gasteiger partial charge in [-0.25, -0.2) is 0 Å². The lowest BCUT2D eigenvalue weighted by atomic mass is 10.3. The zero-order valence-electron chi connectivity index (χ0n) is 8.89. The minimum absolute atomic E-state index is 0.323. The van der Waals surface area contributed by atoms with Gasteiger partial charge in [0.15, 0.2) is 17.8 Å². The Kier molecular flexibility index (Phi) is 2.95. The maximum Gasteiger partial charge on any atom is 0.287 e. The first-order valence-corrected chi connectivity index (χ1v) is 4.55. The number of methoxy groups -OCH3 is 2. The molecule has 0 bridgehead atoms. The number of hydrogen-bond acceptors (Lipinski definition) is 5. The van der Waals surface area contributed by atoms with Crippen LogP contribution in [0, 0.1) is 6.39 Å². The van der Waals surface area contributed by atoms with Crippen LogP contribution in [0.2, 0.25) is 0 Å². The summed E-state index contributed by atoms with van der Waals surface area (Å²) in [5.74, 6) is 2.10. The van der Waals surface area contributed by atoms with Crippen molar-refractivity contribution in [3.8, 4) is 23.1 Å². The highest BCUT2D eigenvalue weighted by atomic mass is 16.5. The van der Waals surface area contributed by atoms with Gasteiger partial charge in [0.25, 0.3) is 12.3 Å². The molecular weight excluding hydrogens is 210 g/mol. The Hall–Kier alpha value is -2.17. The molecule has 5 heteroatoms. The Bertz CT molecular complexity index is 453. The monoisotopic (exact) mass is 220 g/mol. The summed E-state index contributed by atoms with van der Waals surface area (Å²) in [6.07, 6.45) is 3.65. The second-order valence-corrected chi connectivity index (χ2v) is 2.90. The molecule has 16 heavy (non-hydrogen) atoms. The number of oxazole rings is 1. The van der Waals surface area contributed by atoms with E-state index in [0.29, 0.717) is 23.1 Å². The van der Waals surface area contributed by atoms with Crippen molar-refractivity contribution in [3.05, 3.63) is 30.9 Å². The summed E-state index contributed by atoms with van der Waals surface area (Å²) in [4.78, 5) is 3.73. The predicted molar refractivity (Wildman–Crippen MR) is 55.0 cm³/mol. The van der Waals surface area contributed by atoms with Gasteiger partial charge in [0, 0.05) is 6.07 Å². The lowest BCUT2D eigenvalue weighted by molar-refractivity contribution is 0.364. The zero-order valence-corrected chi connectivity index (χ0v) is 8.89. The quantitative estimate of drug-likeness (QED) is 0.791. The summed E-state index contributed by atoms with van der Waals surface area (Å²) in [6, 6.07) is 5.22. The van der Waals surface area contributed by atoms with Gasteiger partial charge >= 0.3 is 0 Å². The van der Waals surface area contributed by atoms with Gasteiger partial charge in [-0.15, -0.1) is 0 Å². The average Bonchev–Trinajstić information content (AvgIpc) is 2.82. The molecule has 2 rings (SSSR count). The zero-order chi connectivity index (χ0) is 11.4. The van der Waals surface area contributed by atoms with Crippen molar-refractivity contribution in [2.45, 2.75) is 0 Å². The number of benzene rings is 1. The lowest BCUT2D eigenvalue weighted by Crippen LogP contribution is -1.91. The highest BCUT2D eigenvalue weighted by molar-refractivity contribution is 5.46. The molecule has 1 heterocycles. The topological polar surface area (TPSA) is 53.7 Å². The van der Waals surface area contributed by atoms with Crippen molar-refractivity contribution in [1.82, 2.24) is 4.98 Å². The molecule has 0 fully saturated rings. The lowest BCUT2D eigenvalue weighted by Gasteiger charge is -2.09. The van der Waals surface area contributed by atoms with Gasteiger partial charge in [-0.1, -0.05) is 0 Å².